The first-order valence-corrected chi connectivity index (χ1v) is 10.5. The van der Waals surface area contributed by atoms with Gasteiger partial charge < -0.3 is 15.8 Å². The highest BCUT2D eigenvalue weighted by atomic mass is 16.5. The van der Waals surface area contributed by atoms with Gasteiger partial charge in [0.15, 0.2) is 6.61 Å². The third-order valence-electron chi connectivity index (χ3n) is 5.01. The molecule has 166 valence electrons. The van der Waals surface area contributed by atoms with Gasteiger partial charge in [0.25, 0.3) is 11.8 Å². The lowest BCUT2D eigenvalue weighted by atomic mass is 10.1. The maximum absolute atomic E-state index is 12.7. The molecule has 0 unspecified atom stereocenters. The minimum absolute atomic E-state index is 0.208. The molecule has 4 rings (SSSR count). The van der Waals surface area contributed by atoms with Crippen molar-refractivity contribution in [2.75, 3.05) is 6.61 Å². The highest BCUT2D eigenvalue weighted by Crippen LogP contribution is 2.22. The lowest BCUT2D eigenvalue weighted by molar-refractivity contribution is -0.119. The van der Waals surface area contributed by atoms with Crippen LogP contribution in [-0.4, -0.2) is 28.2 Å². The molecule has 0 aliphatic carbocycles. The van der Waals surface area contributed by atoms with Gasteiger partial charge in [0.05, 0.1) is 12.2 Å². The second kappa shape index (κ2) is 10.3. The Balaban J connectivity index is 1.48. The van der Waals surface area contributed by atoms with Gasteiger partial charge in [0, 0.05) is 29.4 Å². The number of hydrogen-bond donors (Lipinski definition) is 2. The fourth-order valence-electron chi connectivity index (χ4n) is 3.42. The van der Waals surface area contributed by atoms with Crippen LogP contribution >= 0.6 is 0 Å². The Hall–Kier alpha value is -4.39. The number of nitrogens with zero attached hydrogens (tertiary/aromatic N) is 2. The van der Waals surface area contributed by atoms with Crippen molar-refractivity contribution >= 4 is 11.8 Å². The monoisotopic (exact) mass is 440 g/mol. The maximum Gasteiger partial charge on any atom is 0.255 e. The molecule has 1 aromatic heterocycles. The number of benzene rings is 3. The summed E-state index contributed by atoms with van der Waals surface area (Å²) in [6.45, 7) is 0.764. The molecule has 7 nitrogen and oxygen atoms in total. The molecule has 1 heterocycles. The SMILES string of the molecule is NC(=O)COc1ccc(C(=O)NCc2cn(Cc3ccccc3)nc2-c2ccccc2)cc1. The topological polar surface area (TPSA) is 99.2 Å². The molecule has 0 radical (unpaired) electrons. The Labute approximate surface area is 191 Å². The molecule has 0 saturated carbocycles. The van der Waals surface area contributed by atoms with Crippen LogP contribution in [0.3, 0.4) is 0 Å². The first-order valence-electron chi connectivity index (χ1n) is 10.5. The van der Waals surface area contributed by atoms with E-state index in [1.807, 2.05) is 59.4 Å². The minimum atomic E-state index is -0.557. The van der Waals surface area contributed by atoms with E-state index in [2.05, 4.69) is 17.4 Å². The number of carbonyl (C=O) groups excluding carboxylic acids is 2. The molecule has 3 N–H and O–H groups in total. The molecule has 0 aliphatic rings. The van der Waals surface area contributed by atoms with Crippen molar-refractivity contribution in [1.29, 1.82) is 0 Å². The van der Waals surface area contributed by atoms with Crippen LogP contribution < -0.4 is 15.8 Å². The Kier molecular flexibility index (Phi) is 6.80. The van der Waals surface area contributed by atoms with E-state index in [-0.39, 0.29) is 12.5 Å². The molecule has 0 bridgehead atoms. The summed E-state index contributed by atoms with van der Waals surface area (Å²) in [5, 5.41) is 7.75. The average molecular weight is 441 g/mol. The van der Waals surface area contributed by atoms with Crippen LogP contribution in [0.4, 0.5) is 0 Å². The Morgan fingerprint density at radius 3 is 2.24 bits per heavy atom. The fraction of sp³-hybridized carbons (Fsp3) is 0.115. The summed E-state index contributed by atoms with van der Waals surface area (Å²) < 4.78 is 7.12. The summed E-state index contributed by atoms with van der Waals surface area (Å²) >= 11 is 0. The van der Waals surface area contributed by atoms with E-state index in [0.29, 0.717) is 24.4 Å². The van der Waals surface area contributed by atoms with Crippen molar-refractivity contribution in [2.24, 2.45) is 5.73 Å². The van der Waals surface area contributed by atoms with Crippen molar-refractivity contribution in [1.82, 2.24) is 15.1 Å². The third kappa shape index (κ3) is 5.86. The fourth-order valence-corrected chi connectivity index (χ4v) is 3.42. The quantitative estimate of drug-likeness (QED) is 0.417. The van der Waals surface area contributed by atoms with Crippen LogP contribution in [0.2, 0.25) is 0 Å². The molecule has 33 heavy (non-hydrogen) atoms. The van der Waals surface area contributed by atoms with Gasteiger partial charge in [-0.05, 0) is 29.8 Å². The smallest absolute Gasteiger partial charge is 0.255 e. The van der Waals surface area contributed by atoms with Gasteiger partial charge in [-0.1, -0.05) is 60.7 Å². The predicted molar refractivity (Wildman–Crippen MR) is 126 cm³/mol. The highest BCUT2D eigenvalue weighted by molar-refractivity contribution is 5.94. The van der Waals surface area contributed by atoms with E-state index in [1.54, 1.807) is 24.3 Å². The standard InChI is InChI=1S/C26H24N4O3/c27-24(31)18-33-23-13-11-21(12-14-23)26(32)28-15-22-17-30(16-19-7-3-1-4-8-19)29-25(22)20-9-5-2-6-10-20/h1-14,17H,15-16,18H2,(H2,27,31)(H,28,32). The molecular formula is C26H24N4O3. The largest absolute Gasteiger partial charge is 0.484 e. The second-order valence-electron chi connectivity index (χ2n) is 7.51. The molecule has 0 spiro atoms. The maximum atomic E-state index is 12.7. The number of primary amides is 1. The first kappa shape index (κ1) is 21.8. The number of nitrogens with two attached hydrogens (primary N) is 1. The molecule has 0 fully saturated rings. The lowest BCUT2D eigenvalue weighted by Gasteiger charge is -2.07. The van der Waals surface area contributed by atoms with Gasteiger partial charge in [-0.25, -0.2) is 0 Å². The summed E-state index contributed by atoms with van der Waals surface area (Å²) in [6.07, 6.45) is 1.97. The Morgan fingerprint density at radius 2 is 1.58 bits per heavy atom. The van der Waals surface area contributed by atoms with Crippen LogP contribution in [-0.2, 0) is 17.9 Å². The average Bonchev–Trinajstić information content (AvgIpc) is 3.25. The van der Waals surface area contributed by atoms with Crippen molar-refractivity contribution < 1.29 is 14.3 Å². The summed E-state index contributed by atoms with van der Waals surface area (Å²) in [5.74, 6) is -0.302. The molecule has 7 heteroatoms. The Morgan fingerprint density at radius 1 is 0.909 bits per heavy atom. The first-order chi connectivity index (χ1) is 16.1. The molecule has 0 saturated heterocycles. The van der Waals surface area contributed by atoms with Gasteiger partial charge in [-0.15, -0.1) is 0 Å². The normalized spacial score (nSPS) is 10.5. The van der Waals surface area contributed by atoms with Crippen molar-refractivity contribution in [3.63, 3.8) is 0 Å². The summed E-state index contributed by atoms with van der Waals surface area (Å²) in [5.41, 5.74) is 9.46. The van der Waals surface area contributed by atoms with Gasteiger partial charge in [0.1, 0.15) is 5.75 Å². The number of nitrogens with one attached hydrogen (secondary N) is 1. The van der Waals surface area contributed by atoms with E-state index in [4.69, 9.17) is 15.6 Å². The zero-order valence-corrected chi connectivity index (χ0v) is 18.0. The molecule has 4 aromatic rings. The van der Waals surface area contributed by atoms with Gasteiger partial charge >= 0.3 is 0 Å². The number of hydrogen-bond acceptors (Lipinski definition) is 4. The third-order valence-corrected chi connectivity index (χ3v) is 5.01. The molecule has 2 amide bonds. The van der Waals surface area contributed by atoms with Crippen molar-refractivity contribution in [3.8, 4) is 17.0 Å². The van der Waals surface area contributed by atoms with E-state index >= 15 is 0 Å². The van der Waals surface area contributed by atoms with Crippen LogP contribution in [0.5, 0.6) is 5.75 Å². The molecule has 0 aliphatic heterocycles. The van der Waals surface area contributed by atoms with E-state index in [0.717, 1.165) is 22.4 Å². The predicted octanol–water partition coefficient (Wildman–Crippen LogP) is 3.39. The number of amides is 2. The van der Waals surface area contributed by atoms with Gasteiger partial charge in [0.2, 0.25) is 0 Å². The summed E-state index contributed by atoms with van der Waals surface area (Å²) in [4.78, 5) is 23.5. The highest BCUT2D eigenvalue weighted by Gasteiger charge is 2.13. The van der Waals surface area contributed by atoms with Crippen LogP contribution in [0, 0.1) is 0 Å². The number of carbonyl (C=O) groups is 2. The van der Waals surface area contributed by atoms with Crippen LogP contribution in [0.15, 0.2) is 91.1 Å². The van der Waals surface area contributed by atoms with Gasteiger partial charge in [-0.2, -0.15) is 5.10 Å². The molecule has 0 atom stereocenters. The van der Waals surface area contributed by atoms with E-state index < -0.39 is 5.91 Å². The number of aromatic nitrogens is 2. The zero-order valence-electron chi connectivity index (χ0n) is 18.0. The minimum Gasteiger partial charge on any atom is -0.484 e. The number of ether oxygens (including phenoxy) is 1. The molecular weight excluding hydrogens is 416 g/mol. The van der Waals surface area contributed by atoms with Gasteiger partial charge in [-0.3, -0.25) is 14.3 Å². The summed E-state index contributed by atoms with van der Waals surface area (Å²) in [7, 11) is 0. The molecule has 3 aromatic carbocycles. The summed E-state index contributed by atoms with van der Waals surface area (Å²) in [6, 6.07) is 26.6. The number of rotatable bonds is 9. The van der Waals surface area contributed by atoms with Crippen LogP contribution in [0.1, 0.15) is 21.5 Å². The Bertz CT molecular complexity index is 1220. The van der Waals surface area contributed by atoms with Crippen molar-refractivity contribution in [2.45, 2.75) is 13.1 Å². The van der Waals surface area contributed by atoms with Crippen LogP contribution in [0.25, 0.3) is 11.3 Å². The van der Waals surface area contributed by atoms with E-state index in [1.165, 1.54) is 0 Å². The van der Waals surface area contributed by atoms with Crippen molar-refractivity contribution in [3.05, 3.63) is 108 Å². The zero-order chi connectivity index (χ0) is 23.0. The van der Waals surface area contributed by atoms with E-state index in [9.17, 15) is 9.59 Å². The lowest BCUT2D eigenvalue weighted by Crippen LogP contribution is -2.23. The second-order valence-corrected chi connectivity index (χ2v) is 7.51.